The summed E-state index contributed by atoms with van der Waals surface area (Å²) >= 11 is 0. The molecule has 0 saturated carbocycles. The summed E-state index contributed by atoms with van der Waals surface area (Å²) in [5.74, 6) is -2.26. The summed E-state index contributed by atoms with van der Waals surface area (Å²) in [6, 6.07) is 27.5. The van der Waals surface area contributed by atoms with Gasteiger partial charge >= 0.3 is 12.1 Å². The molecule has 4 aromatic carbocycles. The molecule has 0 aromatic heterocycles. The number of carbonyl (C=O) groups excluding carboxylic acids is 5. The molecule has 3 atom stereocenters. The number of aliphatic imine (C=N–C) groups is 1. The molecular formula is C51H67N7O10S. The number of carbonyl (C=O) groups is 5. The van der Waals surface area contributed by atoms with Crippen LogP contribution in [0.15, 0.2) is 119 Å². The van der Waals surface area contributed by atoms with Crippen LogP contribution in [0.3, 0.4) is 0 Å². The van der Waals surface area contributed by atoms with E-state index in [2.05, 4.69) is 25.7 Å². The van der Waals surface area contributed by atoms with Crippen molar-refractivity contribution in [2.24, 2.45) is 10.7 Å². The first-order valence-electron chi connectivity index (χ1n) is 22.7. The van der Waals surface area contributed by atoms with Crippen LogP contribution in [0.2, 0.25) is 0 Å². The zero-order valence-electron chi connectivity index (χ0n) is 40.7. The topological polar surface area (TPSA) is 237 Å². The van der Waals surface area contributed by atoms with Gasteiger partial charge in [-0.15, -0.1) is 0 Å². The number of guanidine groups is 1. The van der Waals surface area contributed by atoms with Crippen molar-refractivity contribution in [1.82, 2.24) is 25.6 Å². The van der Waals surface area contributed by atoms with Crippen LogP contribution in [0, 0.1) is 6.92 Å². The van der Waals surface area contributed by atoms with Gasteiger partial charge in [0.1, 0.15) is 41.7 Å². The standard InChI is InChI=1S/C51H67N7O10S/c1-35-21-27-40(28-22-35)69(64,65)57-48(52)53-30-15-20-41(45(60)55-43(33-36-16-11-9-12-17-36)47(62)58(8)31-29-44(59)68-51(5,6)7)54-46(61)42(56-49(63)66-34-38-18-13-10-14-19-38)32-37-23-25-39(26-24-37)67-50(2,3)4/h9-14,16-19,21-28,41-43H,15,20,29-34H2,1-8H3,(H,54,61)(H,55,60)(H,56,63)(H3,52,53,57)/t41-,42+,43+/m1/s1. The SMILES string of the molecule is Cc1ccc(S(=O)(=O)NC(N)=NCCC[C@@H](NC(=O)[C@H](Cc2ccc(OC(C)(C)C)cc2)NC(=O)OCc2ccccc2)C(=O)N[C@@H](Cc2ccccc2)C(=O)N(C)CCC(=O)OC(C)(C)C)cc1. The number of likely N-dealkylation sites (N-methyl/N-ethyl adjacent to an activating group) is 1. The van der Waals surface area contributed by atoms with E-state index in [-0.39, 0.29) is 62.7 Å². The van der Waals surface area contributed by atoms with Crippen molar-refractivity contribution < 1.29 is 46.6 Å². The second kappa shape index (κ2) is 25.4. The fraction of sp³-hybridized carbons (Fsp3) is 0.412. The van der Waals surface area contributed by atoms with Crippen LogP contribution < -0.4 is 31.1 Å². The first kappa shape index (κ1) is 54.7. The van der Waals surface area contributed by atoms with E-state index in [4.69, 9.17) is 19.9 Å². The van der Waals surface area contributed by atoms with Crippen LogP contribution in [-0.2, 0) is 58.1 Å². The van der Waals surface area contributed by atoms with Crippen molar-refractivity contribution in [3.05, 3.63) is 131 Å². The van der Waals surface area contributed by atoms with Crippen molar-refractivity contribution in [2.75, 3.05) is 20.1 Å². The fourth-order valence-corrected chi connectivity index (χ4v) is 7.68. The fourth-order valence-electron chi connectivity index (χ4n) is 6.73. The van der Waals surface area contributed by atoms with Gasteiger partial charge < -0.3 is 40.8 Å². The largest absolute Gasteiger partial charge is 0.488 e. The van der Waals surface area contributed by atoms with Crippen molar-refractivity contribution in [3.8, 4) is 5.75 Å². The van der Waals surface area contributed by atoms with Gasteiger partial charge in [0, 0.05) is 33.0 Å². The zero-order valence-corrected chi connectivity index (χ0v) is 41.6. The van der Waals surface area contributed by atoms with Gasteiger partial charge in [-0.3, -0.25) is 24.2 Å². The summed E-state index contributed by atoms with van der Waals surface area (Å²) in [7, 11) is -2.53. The number of sulfonamides is 1. The van der Waals surface area contributed by atoms with Gasteiger partial charge in [0.05, 0.1) is 11.3 Å². The number of nitrogens with zero attached hydrogens (tertiary/aromatic N) is 2. The summed E-state index contributed by atoms with van der Waals surface area (Å²) < 4.78 is 45.0. The third kappa shape index (κ3) is 20.0. The molecule has 0 radical (unpaired) electrons. The molecule has 69 heavy (non-hydrogen) atoms. The number of hydrogen-bond acceptors (Lipinski definition) is 11. The third-order valence-corrected chi connectivity index (χ3v) is 11.5. The lowest BCUT2D eigenvalue weighted by Crippen LogP contribution is -2.57. The van der Waals surface area contributed by atoms with E-state index in [1.54, 1.807) is 106 Å². The van der Waals surface area contributed by atoms with Crippen LogP contribution in [-0.4, -0.2) is 98.5 Å². The molecule has 0 unspecified atom stereocenters. The third-order valence-electron chi connectivity index (χ3n) is 10.1. The maximum atomic E-state index is 14.5. The normalized spacial score (nSPS) is 13.2. The Kier molecular flexibility index (Phi) is 20.1. The Morgan fingerprint density at radius 3 is 1.84 bits per heavy atom. The van der Waals surface area contributed by atoms with Gasteiger partial charge in [0.2, 0.25) is 23.7 Å². The molecular weight excluding hydrogens is 903 g/mol. The number of amides is 4. The van der Waals surface area contributed by atoms with Gasteiger partial charge in [-0.2, -0.15) is 0 Å². The van der Waals surface area contributed by atoms with Gasteiger partial charge in [-0.25, -0.2) is 17.9 Å². The van der Waals surface area contributed by atoms with Gasteiger partial charge in [-0.1, -0.05) is 90.5 Å². The average molecular weight is 970 g/mol. The molecule has 0 aliphatic rings. The molecule has 0 aliphatic carbocycles. The highest BCUT2D eigenvalue weighted by Gasteiger charge is 2.32. The lowest BCUT2D eigenvalue weighted by atomic mass is 10.0. The second-order valence-electron chi connectivity index (χ2n) is 18.6. The summed E-state index contributed by atoms with van der Waals surface area (Å²) in [5.41, 5.74) is 7.79. The first-order valence-corrected chi connectivity index (χ1v) is 24.2. The van der Waals surface area contributed by atoms with Gasteiger partial charge in [0.15, 0.2) is 0 Å². The van der Waals surface area contributed by atoms with Crippen LogP contribution in [0.5, 0.6) is 5.75 Å². The molecule has 4 rings (SSSR count). The molecule has 0 aliphatic heterocycles. The Bertz CT molecular complexity index is 2460. The Morgan fingerprint density at radius 2 is 1.25 bits per heavy atom. The Morgan fingerprint density at radius 1 is 0.696 bits per heavy atom. The molecule has 17 nitrogen and oxygen atoms in total. The number of aryl methyl sites for hydroxylation is 1. The highest BCUT2D eigenvalue weighted by molar-refractivity contribution is 7.90. The molecule has 0 heterocycles. The molecule has 0 bridgehead atoms. The van der Waals surface area contributed by atoms with E-state index >= 15 is 0 Å². The van der Waals surface area contributed by atoms with Crippen molar-refractivity contribution in [1.29, 1.82) is 0 Å². The Labute approximate surface area is 406 Å². The molecule has 6 N–H and O–H groups in total. The predicted octanol–water partition coefficient (Wildman–Crippen LogP) is 5.49. The number of hydrogen-bond donors (Lipinski definition) is 5. The number of esters is 1. The van der Waals surface area contributed by atoms with Crippen molar-refractivity contribution in [3.63, 3.8) is 0 Å². The molecule has 4 amide bonds. The number of alkyl carbamates (subject to hydrolysis) is 1. The van der Waals surface area contributed by atoms with Crippen LogP contribution in [0.25, 0.3) is 0 Å². The highest BCUT2D eigenvalue weighted by atomic mass is 32.2. The smallest absolute Gasteiger partial charge is 0.408 e. The average Bonchev–Trinajstić information content (AvgIpc) is 3.28. The second-order valence-corrected chi connectivity index (χ2v) is 20.2. The number of ether oxygens (including phenoxy) is 3. The van der Waals surface area contributed by atoms with Crippen LogP contribution >= 0.6 is 0 Å². The lowest BCUT2D eigenvalue weighted by molar-refractivity contribution is -0.155. The molecule has 0 spiro atoms. The summed E-state index contributed by atoms with van der Waals surface area (Å²) in [6.45, 7) is 12.7. The maximum absolute atomic E-state index is 14.5. The summed E-state index contributed by atoms with van der Waals surface area (Å²) in [6.07, 6.45) is -0.890. The minimum absolute atomic E-state index is 0.000796. The monoisotopic (exact) mass is 969 g/mol. The minimum atomic E-state index is -4.05. The van der Waals surface area contributed by atoms with Crippen molar-refractivity contribution >= 4 is 45.8 Å². The van der Waals surface area contributed by atoms with Crippen molar-refractivity contribution in [2.45, 2.75) is 121 Å². The van der Waals surface area contributed by atoms with E-state index in [1.165, 1.54) is 24.1 Å². The van der Waals surface area contributed by atoms with E-state index < -0.39 is 69.1 Å². The van der Waals surface area contributed by atoms with E-state index in [9.17, 15) is 32.4 Å². The Hall–Kier alpha value is -6.95. The van der Waals surface area contributed by atoms with Gasteiger partial charge in [-0.05, 0) is 102 Å². The number of nitrogens with one attached hydrogen (secondary N) is 4. The lowest BCUT2D eigenvalue weighted by Gasteiger charge is -2.28. The zero-order chi connectivity index (χ0) is 50.8. The highest BCUT2D eigenvalue weighted by Crippen LogP contribution is 2.20. The molecule has 0 saturated heterocycles. The Balaban J connectivity index is 1.61. The van der Waals surface area contributed by atoms with E-state index in [0.29, 0.717) is 11.3 Å². The summed E-state index contributed by atoms with van der Waals surface area (Å²) in [5, 5.41) is 8.28. The number of nitrogens with two attached hydrogens (primary N) is 1. The molecule has 0 fully saturated rings. The van der Waals surface area contributed by atoms with Crippen LogP contribution in [0.1, 0.15) is 83.1 Å². The number of benzene rings is 4. The molecule has 372 valence electrons. The van der Waals surface area contributed by atoms with E-state index in [0.717, 1.165) is 16.7 Å². The van der Waals surface area contributed by atoms with E-state index in [1.807, 2.05) is 39.8 Å². The maximum Gasteiger partial charge on any atom is 0.408 e. The predicted molar refractivity (Wildman–Crippen MR) is 263 cm³/mol. The first-order chi connectivity index (χ1) is 32.5. The van der Waals surface area contributed by atoms with Crippen LogP contribution in [0.4, 0.5) is 4.79 Å². The quantitative estimate of drug-likeness (QED) is 0.0286. The number of rotatable bonds is 22. The summed E-state index contributed by atoms with van der Waals surface area (Å²) in [4.78, 5) is 74.4. The molecule has 18 heteroatoms. The minimum Gasteiger partial charge on any atom is -0.488 e. The van der Waals surface area contributed by atoms with Gasteiger partial charge in [0.25, 0.3) is 10.0 Å². The molecule has 4 aromatic rings.